The Morgan fingerprint density at radius 3 is 2.55 bits per heavy atom. The maximum absolute atomic E-state index is 9.17. The lowest BCUT2D eigenvalue weighted by molar-refractivity contribution is -0.127. The van der Waals surface area contributed by atoms with Crippen molar-refractivity contribution < 1.29 is 20.1 Å². The van der Waals surface area contributed by atoms with Crippen molar-refractivity contribution in [3.8, 4) is 0 Å². The van der Waals surface area contributed by atoms with E-state index in [0.717, 1.165) is 0 Å². The first kappa shape index (κ1) is 7.82. The molecule has 0 aromatic rings. The van der Waals surface area contributed by atoms with Gasteiger partial charge < -0.3 is 20.1 Å². The molecule has 0 aromatic carbocycles. The number of fused-ring (bicyclic) bond motifs is 1. The SMILES string of the molecule is OC[C@@H](O)[C@H]1O[C@H](O)[C@H]2S[C@@H]12. The van der Waals surface area contributed by atoms with Crippen LogP contribution in [0.1, 0.15) is 0 Å². The minimum atomic E-state index is -0.852. The third-order valence-electron chi connectivity index (χ3n) is 2.03. The van der Waals surface area contributed by atoms with E-state index in [4.69, 9.17) is 14.9 Å². The van der Waals surface area contributed by atoms with Crippen LogP contribution < -0.4 is 0 Å². The topological polar surface area (TPSA) is 69.9 Å². The van der Waals surface area contributed by atoms with E-state index in [-0.39, 0.29) is 23.2 Å². The number of aliphatic hydroxyl groups excluding tert-OH is 3. The normalized spacial score (nSPS) is 50.5. The summed E-state index contributed by atoms with van der Waals surface area (Å²) in [6, 6.07) is 0. The summed E-state index contributed by atoms with van der Waals surface area (Å²) in [4.78, 5) is 0. The van der Waals surface area contributed by atoms with E-state index in [1.807, 2.05) is 0 Å². The molecule has 0 saturated carbocycles. The van der Waals surface area contributed by atoms with E-state index < -0.39 is 12.4 Å². The number of ether oxygens (including phenoxy) is 1. The van der Waals surface area contributed by atoms with Crippen LogP contribution in [0, 0.1) is 0 Å². The lowest BCUT2D eigenvalue weighted by atomic mass is 10.1. The summed E-state index contributed by atoms with van der Waals surface area (Å²) in [6.45, 7) is -0.304. The van der Waals surface area contributed by atoms with Crippen LogP contribution in [0.25, 0.3) is 0 Å². The summed E-state index contributed by atoms with van der Waals surface area (Å²) in [5, 5.41) is 27.2. The molecular weight excluding hydrogens is 168 g/mol. The number of hydrogen-bond donors (Lipinski definition) is 3. The van der Waals surface area contributed by atoms with E-state index in [0.29, 0.717) is 0 Å². The van der Waals surface area contributed by atoms with E-state index >= 15 is 0 Å². The lowest BCUT2D eigenvalue weighted by Crippen LogP contribution is -2.33. The zero-order chi connectivity index (χ0) is 8.01. The first-order chi connectivity index (χ1) is 5.24. The number of aliphatic hydroxyl groups is 3. The molecule has 0 bridgehead atoms. The predicted octanol–water partition coefficient (Wildman–Crippen LogP) is -1.46. The fourth-order valence-electron chi connectivity index (χ4n) is 1.36. The van der Waals surface area contributed by atoms with Crippen LogP contribution in [0.3, 0.4) is 0 Å². The van der Waals surface area contributed by atoms with Crippen molar-refractivity contribution in [1.82, 2.24) is 0 Å². The van der Waals surface area contributed by atoms with Gasteiger partial charge in [0.15, 0.2) is 6.29 Å². The van der Waals surface area contributed by atoms with Crippen molar-refractivity contribution in [2.45, 2.75) is 29.0 Å². The summed E-state index contributed by atoms with van der Waals surface area (Å²) in [5.74, 6) is 0. The van der Waals surface area contributed by atoms with Crippen LogP contribution in [0.15, 0.2) is 0 Å². The van der Waals surface area contributed by atoms with E-state index in [1.54, 1.807) is 11.8 Å². The smallest absolute Gasteiger partial charge is 0.168 e. The van der Waals surface area contributed by atoms with Gasteiger partial charge in [-0.3, -0.25) is 0 Å². The molecule has 2 fully saturated rings. The largest absolute Gasteiger partial charge is 0.394 e. The maximum Gasteiger partial charge on any atom is 0.168 e. The fraction of sp³-hybridized carbons (Fsp3) is 1.00. The van der Waals surface area contributed by atoms with Gasteiger partial charge in [0, 0.05) is 0 Å². The fourth-order valence-corrected chi connectivity index (χ4v) is 2.52. The Balaban J connectivity index is 1.96. The summed E-state index contributed by atoms with van der Waals surface area (Å²) in [7, 11) is 0. The highest BCUT2D eigenvalue weighted by atomic mass is 32.2. The molecule has 11 heavy (non-hydrogen) atoms. The molecule has 2 saturated heterocycles. The Morgan fingerprint density at radius 2 is 2.18 bits per heavy atom. The van der Waals surface area contributed by atoms with Gasteiger partial charge in [0.05, 0.1) is 17.1 Å². The van der Waals surface area contributed by atoms with E-state index in [1.165, 1.54) is 0 Å². The molecule has 2 aliphatic heterocycles. The molecule has 5 heteroatoms. The number of thioether (sulfide) groups is 1. The second kappa shape index (κ2) is 2.60. The van der Waals surface area contributed by atoms with Crippen molar-refractivity contribution in [3.63, 3.8) is 0 Å². The van der Waals surface area contributed by atoms with Crippen LogP contribution >= 0.6 is 11.8 Å². The lowest BCUT2D eigenvalue weighted by Gasteiger charge is -2.17. The predicted molar refractivity (Wildman–Crippen MR) is 39.1 cm³/mol. The molecule has 0 amide bonds. The standard InChI is InChI=1S/C6H10O4S/c7-1-2(8)3-4-5(11-4)6(9)10-3/h2-9H,1H2/t2-,3-,4+,5+,6+/m1/s1. The van der Waals surface area contributed by atoms with Crippen LogP contribution in [0.5, 0.6) is 0 Å². The van der Waals surface area contributed by atoms with Gasteiger partial charge >= 0.3 is 0 Å². The highest BCUT2D eigenvalue weighted by Crippen LogP contribution is 2.53. The first-order valence-corrected chi connectivity index (χ1v) is 4.46. The van der Waals surface area contributed by atoms with Crippen molar-refractivity contribution in [3.05, 3.63) is 0 Å². The molecule has 2 heterocycles. The zero-order valence-electron chi connectivity index (χ0n) is 5.75. The third-order valence-corrected chi connectivity index (χ3v) is 3.43. The van der Waals surface area contributed by atoms with Crippen LogP contribution in [-0.4, -0.2) is 50.9 Å². The van der Waals surface area contributed by atoms with Crippen molar-refractivity contribution in [1.29, 1.82) is 0 Å². The van der Waals surface area contributed by atoms with Crippen LogP contribution in [0.2, 0.25) is 0 Å². The molecule has 4 nitrogen and oxygen atoms in total. The van der Waals surface area contributed by atoms with Crippen LogP contribution in [0.4, 0.5) is 0 Å². The number of rotatable bonds is 2. The Hall–Kier alpha value is 0.190. The van der Waals surface area contributed by atoms with E-state index in [9.17, 15) is 5.11 Å². The molecule has 2 rings (SSSR count). The average molecular weight is 178 g/mol. The minimum Gasteiger partial charge on any atom is -0.394 e. The first-order valence-electron chi connectivity index (χ1n) is 3.52. The molecule has 0 aliphatic carbocycles. The van der Waals surface area contributed by atoms with E-state index in [2.05, 4.69) is 0 Å². The van der Waals surface area contributed by atoms with Gasteiger partial charge in [-0.2, -0.15) is 0 Å². The molecule has 0 radical (unpaired) electrons. The van der Waals surface area contributed by atoms with Gasteiger partial charge in [-0.25, -0.2) is 0 Å². The van der Waals surface area contributed by atoms with Gasteiger partial charge in [-0.1, -0.05) is 0 Å². The molecule has 64 valence electrons. The molecule has 0 spiro atoms. The van der Waals surface area contributed by atoms with Gasteiger partial charge in [0.2, 0.25) is 0 Å². The van der Waals surface area contributed by atoms with Crippen molar-refractivity contribution in [2.24, 2.45) is 0 Å². The Kier molecular flexibility index (Phi) is 1.85. The summed E-state index contributed by atoms with van der Waals surface area (Å²) in [6.07, 6.45) is -1.99. The second-order valence-electron chi connectivity index (χ2n) is 2.81. The quantitative estimate of drug-likeness (QED) is 0.451. The Bertz CT molecular complexity index is 163. The average Bonchev–Trinajstić information content (AvgIpc) is 2.72. The molecule has 2 aliphatic rings. The Morgan fingerprint density at radius 1 is 1.45 bits per heavy atom. The highest BCUT2D eigenvalue weighted by molar-refractivity contribution is 8.07. The third kappa shape index (κ3) is 1.17. The molecule has 0 unspecified atom stereocenters. The Labute approximate surface area is 68.2 Å². The molecule has 3 N–H and O–H groups in total. The molecule has 5 atom stereocenters. The summed E-state index contributed by atoms with van der Waals surface area (Å²) in [5.41, 5.74) is 0. The highest BCUT2D eigenvalue weighted by Gasteiger charge is 2.58. The summed E-state index contributed by atoms with van der Waals surface area (Å²) < 4.78 is 5.00. The van der Waals surface area contributed by atoms with Crippen molar-refractivity contribution >= 4 is 11.8 Å². The minimum absolute atomic E-state index is 0.126. The van der Waals surface area contributed by atoms with Gasteiger partial charge in [-0.05, 0) is 0 Å². The van der Waals surface area contributed by atoms with Gasteiger partial charge in [0.25, 0.3) is 0 Å². The number of hydrogen-bond acceptors (Lipinski definition) is 5. The monoisotopic (exact) mass is 178 g/mol. The zero-order valence-corrected chi connectivity index (χ0v) is 6.57. The van der Waals surface area contributed by atoms with Crippen LogP contribution in [-0.2, 0) is 4.74 Å². The van der Waals surface area contributed by atoms with Gasteiger partial charge in [-0.15, -0.1) is 11.8 Å². The maximum atomic E-state index is 9.17. The molecular formula is C6H10O4S. The molecule has 0 aromatic heterocycles. The van der Waals surface area contributed by atoms with Gasteiger partial charge in [0.1, 0.15) is 12.2 Å². The summed E-state index contributed by atoms with van der Waals surface area (Å²) >= 11 is 1.59. The second-order valence-corrected chi connectivity index (χ2v) is 4.17. The van der Waals surface area contributed by atoms with Crippen molar-refractivity contribution in [2.75, 3.05) is 6.61 Å².